The van der Waals surface area contributed by atoms with Gasteiger partial charge in [0.25, 0.3) is 5.91 Å². The van der Waals surface area contributed by atoms with Gasteiger partial charge in [0.15, 0.2) is 5.13 Å². The largest absolute Gasteiger partial charge is 0.343 e. The normalized spacial score (nSPS) is 10.6. The second-order valence-electron chi connectivity index (χ2n) is 5.54. The van der Waals surface area contributed by atoms with Crippen LogP contribution in [0.3, 0.4) is 0 Å². The fourth-order valence-electron chi connectivity index (χ4n) is 2.44. The van der Waals surface area contributed by atoms with Gasteiger partial charge in [-0.1, -0.05) is 35.6 Å². The van der Waals surface area contributed by atoms with Crippen LogP contribution in [-0.2, 0) is 4.79 Å². The van der Waals surface area contributed by atoms with Crippen molar-refractivity contribution in [1.29, 1.82) is 0 Å². The van der Waals surface area contributed by atoms with Crippen molar-refractivity contribution in [3.8, 4) is 0 Å². The van der Waals surface area contributed by atoms with E-state index in [1.165, 1.54) is 11.3 Å². The number of rotatable bonds is 4. The van der Waals surface area contributed by atoms with Crippen molar-refractivity contribution in [2.24, 2.45) is 0 Å². The lowest BCUT2D eigenvalue weighted by molar-refractivity contribution is -0.115. The van der Waals surface area contributed by atoms with Gasteiger partial charge in [0, 0.05) is 5.56 Å². The van der Waals surface area contributed by atoms with E-state index >= 15 is 0 Å². The third kappa shape index (κ3) is 3.60. The average molecular weight is 339 g/mol. The molecule has 2 amide bonds. The van der Waals surface area contributed by atoms with Crippen molar-refractivity contribution in [2.75, 3.05) is 11.9 Å². The SMILES string of the molecule is Cc1cc(C)c2nc(NC(=O)CNC(=O)c3ccccc3)sc2c1. The summed E-state index contributed by atoms with van der Waals surface area (Å²) in [7, 11) is 0. The Morgan fingerprint density at radius 3 is 2.62 bits per heavy atom. The number of carbonyl (C=O) groups is 2. The quantitative estimate of drug-likeness (QED) is 0.766. The zero-order chi connectivity index (χ0) is 17.1. The highest BCUT2D eigenvalue weighted by molar-refractivity contribution is 7.22. The molecule has 24 heavy (non-hydrogen) atoms. The van der Waals surface area contributed by atoms with Crippen LogP contribution in [0.25, 0.3) is 10.2 Å². The number of nitrogens with one attached hydrogen (secondary N) is 2. The molecule has 0 spiro atoms. The van der Waals surface area contributed by atoms with Crippen LogP contribution in [0.4, 0.5) is 5.13 Å². The van der Waals surface area contributed by atoms with Crippen LogP contribution >= 0.6 is 11.3 Å². The maximum absolute atomic E-state index is 12.0. The van der Waals surface area contributed by atoms with Crippen LogP contribution in [0.2, 0.25) is 0 Å². The Balaban J connectivity index is 1.63. The topological polar surface area (TPSA) is 71.1 Å². The van der Waals surface area contributed by atoms with Crippen LogP contribution in [0.1, 0.15) is 21.5 Å². The number of fused-ring (bicyclic) bond motifs is 1. The molecule has 0 bridgehead atoms. The lowest BCUT2D eigenvalue weighted by atomic mass is 10.1. The molecule has 0 aliphatic rings. The zero-order valence-electron chi connectivity index (χ0n) is 13.4. The Morgan fingerprint density at radius 1 is 1.12 bits per heavy atom. The molecule has 3 aromatic rings. The number of benzene rings is 2. The van der Waals surface area contributed by atoms with Crippen LogP contribution in [0, 0.1) is 13.8 Å². The lowest BCUT2D eigenvalue weighted by Gasteiger charge is -2.04. The van der Waals surface area contributed by atoms with Gasteiger partial charge < -0.3 is 10.6 Å². The average Bonchev–Trinajstić information content (AvgIpc) is 2.96. The predicted octanol–water partition coefficient (Wildman–Crippen LogP) is 3.28. The summed E-state index contributed by atoms with van der Waals surface area (Å²) in [5.74, 6) is -0.575. The Morgan fingerprint density at radius 2 is 1.88 bits per heavy atom. The van der Waals surface area contributed by atoms with E-state index in [1.807, 2.05) is 26.0 Å². The van der Waals surface area contributed by atoms with E-state index in [1.54, 1.807) is 24.3 Å². The van der Waals surface area contributed by atoms with Gasteiger partial charge >= 0.3 is 0 Å². The van der Waals surface area contributed by atoms with Crippen molar-refractivity contribution in [2.45, 2.75) is 13.8 Å². The van der Waals surface area contributed by atoms with E-state index in [-0.39, 0.29) is 18.4 Å². The van der Waals surface area contributed by atoms with Crippen molar-refractivity contribution >= 4 is 38.5 Å². The van der Waals surface area contributed by atoms with Gasteiger partial charge in [-0.15, -0.1) is 0 Å². The number of hydrogen-bond acceptors (Lipinski definition) is 4. The fourth-order valence-corrected chi connectivity index (χ4v) is 3.50. The Kier molecular flexibility index (Phi) is 4.57. The Bertz CT molecular complexity index is 903. The maximum Gasteiger partial charge on any atom is 0.251 e. The van der Waals surface area contributed by atoms with Gasteiger partial charge in [-0.3, -0.25) is 9.59 Å². The minimum absolute atomic E-state index is 0.0956. The number of hydrogen-bond donors (Lipinski definition) is 2. The first-order valence-electron chi connectivity index (χ1n) is 7.54. The van der Waals surface area contributed by atoms with E-state index < -0.39 is 0 Å². The molecule has 0 atom stereocenters. The second-order valence-corrected chi connectivity index (χ2v) is 6.58. The summed E-state index contributed by atoms with van der Waals surface area (Å²) in [5.41, 5.74) is 3.67. The van der Waals surface area contributed by atoms with Crippen LogP contribution in [0.15, 0.2) is 42.5 Å². The second kappa shape index (κ2) is 6.80. The molecule has 1 aromatic heterocycles. The summed E-state index contributed by atoms with van der Waals surface area (Å²) in [6.45, 7) is 3.94. The van der Waals surface area contributed by atoms with Gasteiger partial charge in [0.05, 0.1) is 16.8 Å². The lowest BCUT2D eigenvalue weighted by Crippen LogP contribution is -2.32. The smallest absolute Gasteiger partial charge is 0.251 e. The molecule has 2 aromatic carbocycles. The monoisotopic (exact) mass is 339 g/mol. The van der Waals surface area contributed by atoms with E-state index in [0.29, 0.717) is 10.7 Å². The minimum Gasteiger partial charge on any atom is -0.343 e. The van der Waals surface area contributed by atoms with E-state index in [2.05, 4.69) is 21.7 Å². The number of anilines is 1. The number of thiazole rings is 1. The molecule has 122 valence electrons. The first-order chi connectivity index (χ1) is 11.5. The molecule has 6 heteroatoms. The third-order valence-corrected chi connectivity index (χ3v) is 4.44. The number of aromatic nitrogens is 1. The third-order valence-electron chi connectivity index (χ3n) is 3.52. The van der Waals surface area contributed by atoms with Crippen LogP contribution < -0.4 is 10.6 Å². The molecule has 0 saturated heterocycles. The van der Waals surface area contributed by atoms with Gasteiger partial charge in [0.2, 0.25) is 5.91 Å². The summed E-state index contributed by atoms with van der Waals surface area (Å²) in [6.07, 6.45) is 0. The van der Waals surface area contributed by atoms with Gasteiger partial charge in [-0.05, 0) is 43.2 Å². The molecule has 0 aliphatic carbocycles. The maximum atomic E-state index is 12.0. The number of nitrogens with zero attached hydrogens (tertiary/aromatic N) is 1. The van der Waals surface area contributed by atoms with Crippen molar-refractivity contribution < 1.29 is 9.59 Å². The number of aryl methyl sites for hydroxylation is 2. The Labute approximate surface area is 143 Å². The number of carbonyl (C=O) groups excluding carboxylic acids is 2. The van der Waals surface area contributed by atoms with E-state index in [0.717, 1.165) is 21.3 Å². The molecule has 0 aliphatic heterocycles. The summed E-state index contributed by atoms with van der Waals surface area (Å²) in [6, 6.07) is 12.9. The molecule has 0 fully saturated rings. The molecule has 2 N–H and O–H groups in total. The first kappa shape index (κ1) is 16.1. The van der Waals surface area contributed by atoms with Crippen molar-refractivity contribution in [1.82, 2.24) is 10.3 Å². The molecule has 0 saturated carbocycles. The molecular weight excluding hydrogens is 322 g/mol. The zero-order valence-corrected chi connectivity index (χ0v) is 14.2. The predicted molar refractivity (Wildman–Crippen MR) is 96.5 cm³/mol. The van der Waals surface area contributed by atoms with Crippen molar-refractivity contribution in [3.05, 3.63) is 59.2 Å². The van der Waals surface area contributed by atoms with Gasteiger partial charge in [-0.25, -0.2) is 4.98 Å². The summed E-state index contributed by atoms with van der Waals surface area (Å²) >= 11 is 1.43. The van der Waals surface area contributed by atoms with Gasteiger partial charge in [0.1, 0.15) is 0 Å². The van der Waals surface area contributed by atoms with Gasteiger partial charge in [-0.2, -0.15) is 0 Å². The number of amides is 2. The summed E-state index contributed by atoms with van der Waals surface area (Å²) in [4.78, 5) is 28.4. The summed E-state index contributed by atoms with van der Waals surface area (Å²) in [5, 5.41) is 5.88. The van der Waals surface area contributed by atoms with Crippen molar-refractivity contribution in [3.63, 3.8) is 0 Å². The Hall–Kier alpha value is -2.73. The molecule has 1 heterocycles. The van der Waals surface area contributed by atoms with Crippen LogP contribution in [0.5, 0.6) is 0 Å². The van der Waals surface area contributed by atoms with E-state index in [9.17, 15) is 9.59 Å². The molecule has 0 radical (unpaired) electrons. The summed E-state index contributed by atoms with van der Waals surface area (Å²) < 4.78 is 1.04. The standard InChI is InChI=1S/C18H17N3O2S/c1-11-8-12(2)16-14(9-11)24-18(21-16)20-15(22)10-19-17(23)13-6-4-3-5-7-13/h3-9H,10H2,1-2H3,(H,19,23)(H,20,21,22). The molecule has 3 rings (SSSR count). The van der Waals surface area contributed by atoms with E-state index in [4.69, 9.17) is 0 Å². The highest BCUT2D eigenvalue weighted by atomic mass is 32.1. The highest BCUT2D eigenvalue weighted by Gasteiger charge is 2.11. The highest BCUT2D eigenvalue weighted by Crippen LogP contribution is 2.29. The minimum atomic E-state index is -0.298. The van der Waals surface area contributed by atoms with Crippen LogP contribution in [-0.4, -0.2) is 23.3 Å². The first-order valence-corrected chi connectivity index (χ1v) is 8.35. The fraction of sp³-hybridized carbons (Fsp3) is 0.167. The molecule has 5 nitrogen and oxygen atoms in total. The molecular formula is C18H17N3O2S. The molecule has 0 unspecified atom stereocenters.